The number of aliphatic hydroxyl groups is 1. The molecule has 0 fully saturated rings. The molecular weight excluding hydrogens is 304 g/mol. The number of carbonyl (C=O) groups is 1. The second-order valence-corrected chi connectivity index (χ2v) is 5.34. The fourth-order valence-electron chi connectivity index (χ4n) is 2.40. The van der Waals surface area contributed by atoms with E-state index in [2.05, 4.69) is 15.4 Å². The van der Waals surface area contributed by atoms with E-state index in [1.165, 1.54) is 0 Å². The lowest BCUT2D eigenvalue weighted by Gasteiger charge is -2.12. The van der Waals surface area contributed by atoms with Gasteiger partial charge in [0.25, 0.3) is 0 Å². The predicted molar refractivity (Wildman–Crippen MR) is 89.2 cm³/mol. The number of rotatable bonds is 6. The van der Waals surface area contributed by atoms with E-state index in [1.807, 2.05) is 36.4 Å². The number of carbonyl (C=O) groups excluding carboxylic acids is 1. The molecular formula is C18H18N4O2. The zero-order valence-electron chi connectivity index (χ0n) is 13.0. The third kappa shape index (κ3) is 3.85. The maximum absolute atomic E-state index is 12.1. The van der Waals surface area contributed by atoms with Crippen molar-refractivity contribution in [2.24, 2.45) is 0 Å². The van der Waals surface area contributed by atoms with Gasteiger partial charge in [0.2, 0.25) is 5.91 Å². The second kappa shape index (κ2) is 7.52. The van der Waals surface area contributed by atoms with Crippen molar-refractivity contribution < 1.29 is 9.90 Å². The highest BCUT2D eigenvalue weighted by molar-refractivity contribution is 5.76. The lowest BCUT2D eigenvalue weighted by Crippen LogP contribution is -2.25. The van der Waals surface area contributed by atoms with Gasteiger partial charge in [0, 0.05) is 30.7 Å². The molecule has 122 valence electrons. The van der Waals surface area contributed by atoms with Gasteiger partial charge in [0.1, 0.15) is 0 Å². The van der Waals surface area contributed by atoms with Crippen molar-refractivity contribution in [3.63, 3.8) is 0 Å². The van der Waals surface area contributed by atoms with E-state index >= 15 is 0 Å². The van der Waals surface area contributed by atoms with Crippen molar-refractivity contribution in [1.29, 1.82) is 0 Å². The Bertz CT molecular complexity index is 788. The molecule has 24 heavy (non-hydrogen) atoms. The molecule has 2 N–H and O–H groups in total. The van der Waals surface area contributed by atoms with Crippen LogP contribution >= 0.6 is 0 Å². The molecule has 3 aromatic rings. The first-order valence-electron chi connectivity index (χ1n) is 7.67. The van der Waals surface area contributed by atoms with Crippen LogP contribution in [0.5, 0.6) is 0 Å². The summed E-state index contributed by atoms with van der Waals surface area (Å²) in [5.74, 6) is 0.452. The molecule has 1 atom stereocenters. The van der Waals surface area contributed by atoms with Crippen LogP contribution in [0.15, 0.2) is 67.1 Å². The normalized spacial score (nSPS) is 11.9. The summed E-state index contributed by atoms with van der Waals surface area (Å²) in [5, 5.41) is 17.1. The smallest absolute Gasteiger partial charge is 0.223 e. The van der Waals surface area contributed by atoms with Crippen LogP contribution in [0.25, 0.3) is 5.82 Å². The number of nitrogens with one attached hydrogen (secondary N) is 1. The van der Waals surface area contributed by atoms with Gasteiger partial charge < -0.3 is 10.4 Å². The molecule has 1 amide bonds. The van der Waals surface area contributed by atoms with Crippen LogP contribution in [-0.4, -0.2) is 25.8 Å². The van der Waals surface area contributed by atoms with Gasteiger partial charge in [0.15, 0.2) is 5.82 Å². The van der Waals surface area contributed by atoms with Crippen LogP contribution in [0, 0.1) is 0 Å². The largest absolute Gasteiger partial charge is 0.388 e. The Labute approximate surface area is 139 Å². The Morgan fingerprint density at radius 2 is 1.96 bits per heavy atom. The fraction of sp³-hybridized carbons (Fsp3) is 0.167. The zero-order valence-corrected chi connectivity index (χ0v) is 13.0. The standard InChI is InChI=1S/C18H18N4O2/c23-16(14-6-2-1-3-7-14)12-17(24)20-13-15-8-4-9-19-18(15)22-11-5-10-21-22/h1-11,16,23H,12-13H2,(H,20,24). The van der Waals surface area contributed by atoms with Gasteiger partial charge in [-0.2, -0.15) is 5.10 Å². The molecule has 0 aliphatic heterocycles. The minimum atomic E-state index is -0.814. The first-order chi connectivity index (χ1) is 11.7. The maximum Gasteiger partial charge on any atom is 0.223 e. The third-order valence-electron chi connectivity index (χ3n) is 3.63. The van der Waals surface area contributed by atoms with Crippen LogP contribution in [0.3, 0.4) is 0 Å². The highest BCUT2D eigenvalue weighted by Crippen LogP contribution is 2.16. The van der Waals surface area contributed by atoms with E-state index in [9.17, 15) is 9.90 Å². The van der Waals surface area contributed by atoms with E-state index < -0.39 is 6.10 Å². The summed E-state index contributed by atoms with van der Waals surface area (Å²) in [6.07, 6.45) is 4.36. The second-order valence-electron chi connectivity index (χ2n) is 5.34. The minimum absolute atomic E-state index is 0.0153. The van der Waals surface area contributed by atoms with Gasteiger partial charge in [-0.25, -0.2) is 9.67 Å². The Kier molecular flexibility index (Phi) is 4.98. The van der Waals surface area contributed by atoms with Crippen LogP contribution in [-0.2, 0) is 11.3 Å². The number of amides is 1. The fourth-order valence-corrected chi connectivity index (χ4v) is 2.40. The van der Waals surface area contributed by atoms with Gasteiger partial charge in [0.05, 0.1) is 12.5 Å². The molecule has 0 spiro atoms. The van der Waals surface area contributed by atoms with Crippen molar-refractivity contribution in [2.45, 2.75) is 19.1 Å². The summed E-state index contributed by atoms with van der Waals surface area (Å²) in [5.41, 5.74) is 1.58. The Morgan fingerprint density at radius 3 is 2.71 bits per heavy atom. The van der Waals surface area contributed by atoms with E-state index in [1.54, 1.807) is 35.4 Å². The highest BCUT2D eigenvalue weighted by atomic mass is 16.3. The Morgan fingerprint density at radius 1 is 1.12 bits per heavy atom. The van der Waals surface area contributed by atoms with Crippen LogP contribution in [0.4, 0.5) is 0 Å². The molecule has 0 saturated heterocycles. The first-order valence-corrected chi connectivity index (χ1v) is 7.67. The lowest BCUT2D eigenvalue weighted by atomic mass is 10.1. The zero-order chi connectivity index (χ0) is 16.8. The number of nitrogens with zero attached hydrogens (tertiary/aromatic N) is 3. The lowest BCUT2D eigenvalue weighted by molar-refractivity contribution is -0.123. The van der Waals surface area contributed by atoms with Gasteiger partial charge in [-0.15, -0.1) is 0 Å². The predicted octanol–water partition coefficient (Wildman–Crippen LogP) is 2.01. The number of aliphatic hydroxyl groups excluding tert-OH is 1. The van der Waals surface area contributed by atoms with Crippen molar-refractivity contribution in [3.8, 4) is 5.82 Å². The minimum Gasteiger partial charge on any atom is -0.388 e. The number of benzene rings is 1. The molecule has 2 aromatic heterocycles. The highest BCUT2D eigenvalue weighted by Gasteiger charge is 2.13. The molecule has 0 aliphatic rings. The van der Waals surface area contributed by atoms with Crippen molar-refractivity contribution in [3.05, 3.63) is 78.2 Å². The van der Waals surface area contributed by atoms with E-state index in [0.717, 1.165) is 11.1 Å². The number of pyridine rings is 1. The van der Waals surface area contributed by atoms with Gasteiger partial charge in [-0.3, -0.25) is 4.79 Å². The van der Waals surface area contributed by atoms with Crippen LogP contribution in [0.1, 0.15) is 23.7 Å². The topological polar surface area (TPSA) is 80.0 Å². The molecule has 6 nitrogen and oxygen atoms in total. The molecule has 1 aromatic carbocycles. The molecule has 0 saturated carbocycles. The maximum atomic E-state index is 12.1. The molecule has 2 heterocycles. The summed E-state index contributed by atoms with van der Waals surface area (Å²) in [6.45, 7) is 0.323. The van der Waals surface area contributed by atoms with Crippen molar-refractivity contribution in [1.82, 2.24) is 20.1 Å². The summed E-state index contributed by atoms with van der Waals surface area (Å²) in [4.78, 5) is 16.4. The van der Waals surface area contributed by atoms with Crippen LogP contribution < -0.4 is 5.32 Å². The summed E-state index contributed by atoms with van der Waals surface area (Å²) >= 11 is 0. The molecule has 6 heteroatoms. The quantitative estimate of drug-likeness (QED) is 0.727. The van der Waals surface area contributed by atoms with Crippen molar-refractivity contribution in [2.75, 3.05) is 0 Å². The average molecular weight is 322 g/mol. The van der Waals surface area contributed by atoms with Gasteiger partial charge >= 0.3 is 0 Å². The third-order valence-corrected chi connectivity index (χ3v) is 3.63. The molecule has 0 bridgehead atoms. The number of hydrogen-bond donors (Lipinski definition) is 2. The molecule has 1 unspecified atom stereocenters. The Hall–Kier alpha value is -2.99. The SMILES string of the molecule is O=C(CC(O)c1ccccc1)NCc1cccnc1-n1cccn1. The number of aromatic nitrogens is 3. The average Bonchev–Trinajstić information content (AvgIpc) is 3.15. The molecule has 3 rings (SSSR count). The molecule has 0 aliphatic carbocycles. The summed E-state index contributed by atoms with van der Waals surface area (Å²) in [7, 11) is 0. The van der Waals surface area contributed by atoms with Gasteiger partial charge in [-0.1, -0.05) is 36.4 Å². The van der Waals surface area contributed by atoms with E-state index in [0.29, 0.717) is 12.4 Å². The monoisotopic (exact) mass is 322 g/mol. The summed E-state index contributed by atoms with van der Waals surface area (Å²) in [6, 6.07) is 14.7. The van der Waals surface area contributed by atoms with Crippen LogP contribution in [0.2, 0.25) is 0 Å². The number of hydrogen-bond acceptors (Lipinski definition) is 4. The summed E-state index contributed by atoms with van der Waals surface area (Å²) < 4.78 is 1.65. The Balaban J connectivity index is 1.61. The van der Waals surface area contributed by atoms with Crippen molar-refractivity contribution >= 4 is 5.91 Å². The van der Waals surface area contributed by atoms with E-state index in [-0.39, 0.29) is 12.3 Å². The first kappa shape index (κ1) is 15.9. The van der Waals surface area contributed by atoms with Gasteiger partial charge in [-0.05, 0) is 17.7 Å². The van der Waals surface area contributed by atoms with E-state index in [4.69, 9.17) is 0 Å². The molecule has 0 radical (unpaired) electrons.